The van der Waals surface area contributed by atoms with Crippen molar-refractivity contribution < 1.29 is 4.43 Å². The van der Waals surface area contributed by atoms with Gasteiger partial charge in [0.2, 0.25) is 8.32 Å². The molecule has 1 nitrogen and oxygen atoms in total. The number of allylic oxidation sites excluding steroid dienone is 1. The molecule has 0 spiro atoms. The van der Waals surface area contributed by atoms with Crippen molar-refractivity contribution in [2.45, 2.75) is 52.6 Å². The summed E-state index contributed by atoms with van der Waals surface area (Å²) in [6.45, 7) is 16.0. The molecule has 0 aromatic rings. The van der Waals surface area contributed by atoms with Crippen LogP contribution in [0.15, 0.2) is 11.5 Å². The van der Waals surface area contributed by atoms with E-state index in [9.17, 15) is 0 Å². The predicted molar refractivity (Wildman–Crippen MR) is 66.2 cm³/mol. The summed E-state index contributed by atoms with van der Waals surface area (Å²) in [6.07, 6.45) is 3.19. The fraction of sp³-hybridized carbons (Fsp3) is 0.800. The van der Waals surface area contributed by atoms with Crippen molar-refractivity contribution in [3.05, 3.63) is 11.5 Å². The second-order valence-corrected chi connectivity index (χ2v) is 15.1. The largest absolute Gasteiger partial charge is 0.550 e. The van der Waals surface area contributed by atoms with E-state index >= 15 is 0 Å². The lowest BCUT2D eigenvalue weighted by atomic mass is 10.5. The molecule has 0 rings (SSSR count). The van der Waals surface area contributed by atoms with Gasteiger partial charge in [-0.15, -0.1) is 0 Å². The molecule has 0 radical (unpaired) electrons. The average molecular weight is 216 g/mol. The third-order valence-electron chi connectivity index (χ3n) is 1.90. The average Bonchev–Trinajstić information content (AvgIpc) is 1.82. The minimum Gasteiger partial charge on any atom is -0.550 e. The molecule has 0 fully saturated rings. The highest BCUT2D eigenvalue weighted by atomic mass is 28.4. The van der Waals surface area contributed by atoms with E-state index in [1.807, 2.05) is 0 Å². The quantitative estimate of drug-likeness (QED) is 0.510. The maximum atomic E-state index is 5.82. The van der Waals surface area contributed by atoms with E-state index in [0.29, 0.717) is 0 Å². The van der Waals surface area contributed by atoms with Crippen LogP contribution in [0.3, 0.4) is 0 Å². The van der Waals surface area contributed by atoms with Crippen LogP contribution < -0.4 is 0 Å². The number of hydrogen-bond donors (Lipinski definition) is 0. The molecule has 0 aromatic carbocycles. The van der Waals surface area contributed by atoms with Crippen LogP contribution in [0.4, 0.5) is 0 Å². The monoisotopic (exact) mass is 216 g/mol. The van der Waals surface area contributed by atoms with E-state index in [-0.39, 0.29) is 0 Å². The molecule has 13 heavy (non-hydrogen) atoms. The third kappa shape index (κ3) is 6.10. The Kier molecular flexibility index (Phi) is 4.45. The zero-order valence-corrected chi connectivity index (χ0v) is 12.2. The predicted octanol–water partition coefficient (Wildman–Crippen LogP) is 4.01. The zero-order valence-electron chi connectivity index (χ0n) is 10.2. The Bertz CT molecular complexity index is 184. The Morgan fingerprint density at radius 2 is 1.54 bits per heavy atom. The minimum absolute atomic E-state index is 1.13. The fourth-order valence-corrected chi connectivity index (χ4v) is 3.13. The lowest BCUT2D eigenvalue weighted by Crippen LogP contribution is -2.27. The molecule has 3 heteroatoms. The molecular weight excluding hydrogens is 192 g/mol. The van der Waals surface area contributed by atoms with Crippen LogP contribution in [0.25, 0.3) is 0 Å². The molecule has 0 aliphatic carbocycles. The lowest BCUT2D eigenvalue weighted by Gasteiger charge is -2.23. The van der Waals surface area contributed by atoms with Gasteiger partial charge in [0.05, 0.1) is 14.3 Å². The van der Waals surface area contributed by atoms with Gasteiger partial charge in [-0.3, -0.25) is 0 Å². The molecular formula is C10H24OSi2. The molecule has 0 aliphatic rings. The molecule has 0 unspecified atom stereocenters. The topological polar surface area (TPSA) is 9.23 Å². The van der Waals surface area contributed by atoms with Crippen molar-refractivity contribution in [3.63, 3.8) is 0 Å². The first-order valence-electron chi connectivity index (χ1n) is 5.04. The Hall–Kier alpha value is -0.0262. The maximum Gasteiger partial charge on any atom is 0.241 e. The SMILES string of the molecule is CC/C(=C/O[Si](C)(C)C)[Si](C)(C)C. The molecule has 0 aromatic heterocycles. The molecule has 0 aliphatic heterocycles. The van der Waals surface area contributed by atoms with Crippen LogP contribution in [0.1, 0.15) is 13.3 Å². The van der Waals surface area contributed by atoms with Gasteiger partial charge < -0.3 is 4.43 Å². The van der Waals surface area contributed by atoms with Crippen molar-refractivity contribution in [2.75, 3.05) is 0 Å². The second-order valence-electron chi connectivity index (χ2n) is 5.48. The van der Waals surface area contributed by atoms with Crippen LogP contribution >= 0.6 is 0 Å². The summed E-state index contributed by atoms with van der Waals surface area (Å²) in [5.41, 5.74) is 0. The molecule has 0 N–H and O–H groups in total. The van der Waals surface area contributed by atoms with Gasteiger partial charge in [0.1, 0.15) is 0 Å². The van der Waals surface area contributed by atoms with Gasteiger partial charge in [0.15, 0.2) is 0 Å². The van der Waals surface area contributed by atoms with Gasteiger partial charge in [-0.25, -0.2) is 0 Å². The van der Waals surface area contributed by atoms with Crippen LogP contribution in [0, 0.1) is 0 Å². The molecule has 0 saturated heterocycles. The van der Waals surface area contributed by atoms with Gasteiger partial charge in [-0.05, 0) is 31.3 Å². The molecule has 0 saturated carbocycles. The van der Waals surface area contributed by atoms with Crippen LogP contribution in [0.5, 0.6) is 0 Å². The molecule has 0 heterocycles. The Morgan fingerprint density at radius 3 is 1.77 bits per heavy atom. The Balaban J connectivity index is 4.42. The molecule has 0 bridgehead atoms. The summed E-state index contributed by atoms with van der Waals surface area (Å²) < 4.78 is 5.82. The Morgan fingerprint density at radius 1 is 1.08 bits per heavy atom. The van der Waals surface area contributed by atoms with Gasteiger partial charge in [0.25, 0.3) is 0 Å². The summed E-state index contributed by atoms with van der Waals surface area (Å²) in [5.74, 6) is 0. The van der Waals surface area contributed by atoms with Gasteiger partial charge >= 0.3 is 0 Å². The van der Waals surface area contributed by atoms with E-state index in [2.05, 4.69) is 52.5 Å². The van der Waals surface area contributed by atoms with E-state index in [1.54, 1.807) is 0 Å². The van der Waals surface area contributed by atoms with Crippen LogP contribution in [-0.4, -0.2) is 16.4 Å². The van der Waals surface area contributed by atoms with Crippen molar-refractivity contribution in [1.29, 1.82) is 0 Å². The van der Waals surface area contributed by atoms with Crippen molar-refractivity contribution in [3.8, 4) is 0 Å². The van der Waals surface area contributed by atoms with Gasteiger partial charge in [0, 0.05) is 0 Å². The summed E-state index contributed by atoms with van der Waals surface area (Å²) in [4.78, 5) is 0. The highest BCUT2D eigenvalue weighted by Crippen LogP contribution is 2.19. The fourth-order valence-electron chi connectivity index (χ4n) is 1.04. The first-order valence-corrected chi connectivity index (χ1v) is 11.9. The van der Waals surface area contributed by atoms with E-state index in [0.717, 1.165) is 6.42 Å². The first-order chi connectivity index (χ1) is 5.67. The van der Waals surface area contributed by atoms with E-state index < -0.39 is 16.4 Å². The second kappa shape index (κ2) is 4.46. The molecule has 78 valence electrons. The van der Waals surface area contributed by atoms with Crippen molar-refractivity contribution in [1.82, 2.24) is 0 Å². The third-order valence-corrected chi connectivity index (χ3v) is 5.12. The first kappa shape index (κ1) is 13.0. The van der Waals surface area contributed by atoms with E-state index in [1.165, 1.54) is 5.20 Å². The molecule has 0 atom stereocenters. The minimum atomic E-state index is -1.37. The van der Waals surface area contributed by atoms with Crippen molar-refractivity contribution in [2.24, 2.45) is 0 Å². The van der Waals surface area contributed by atoms with Crippen LogP contribution in [0.2, 0.25) is 39.3 Å². The summed E-state index contributed by atoms with van der Waals surface area (Å²) in [7, 11) is -2.50. The van der Waals surface area contributed by atoms with Crippen molar-refractivity contribution >= 4 is 16.4 Å². The lowest BCUT2D eigenvalue weighted by molar-refractivity contribution is 0.475. The molecule has 0 amide bonds. The summed E-state index contributed by atoms with van der Waals surface area (Å²) >= 11 is 0. The normalized spacial score (nSPS) is 14.5. The smallest absolute Gasteiger partial charge is 0.241 e. The number of rotatable bonds is 4. The highest BCUT2D eigenvalue weighted by molar-refractivity contribution is 6.83. The highest BCUT2D eigenvalue weighted by Gasteiger charge is 2.20. The zero-order chi connectivity index (χ0) is 10.7. The standard InChI is InChI=1S/C10H24OSi2/c1-8-10(12(2,3)4)9-11-13(5,6)7/h9H,8H2,1-7H3/b10-9-. The van der Waals surface area contributed by atoms with E-state index in [4.69, 9.17) is 4.43 Å². The van der Waals surface area contributed by atoms with Crippen LogP contribution in [-0.2, 0) is 4.43 Å². The Labute approximate surface area is 85.3 Å². The summed E-state index contributed by atoms with van der Waals surface area (Å²) in [6, 6.07) is 0. The number of hydrogen-bond acceptors (Lipinski definition) is 1. The maximum absolute atomic E-state index is 5.82. The van der Waals surface area contributed by atoms with Gasteiger partial charge in [-0.2, -0.15) is 0 Å². The van der Waals surface area contributed by atoms with Gasteiger partial charge in [-0.1, -0.05) is 26.6 Å². The summed E-state index contributed by atoms with van der Waals surface area (Å²) in [5, 5.41) is 1.54.